The molecule has 25 heavy (non-hydrogen) atoms. The van der Waals surface area contributed by atoms with Crippen molar-refractivity contribution >= 4 is 46.4 Å². The van der Waals surface area contributed by atoms with Crippen LogP contribution in [-0.2, 0) is 9.59 Å². The van der Waals surface area contributed by atoms with Crippen molar-refractivity contribution in [3.05, 3.63) is 57.6 Å². The second kappa shape index (κ2) is 7.06. The molecule has 6 heteroatoms. The van der Waals surface area contributed by atoms with Gasteiger partial charge in [-0.3, -0.25) is 9.59 Å². The van der Waals surface area contributed by atoms with Gasteiger partial charge in [-0.15, -0.1) is 0 Å². The average molecular weight is 377 g/mol. The number of rotatable bonds is 3. The van der Waals surface area contributed by atoms with Crippen molar-refractivity contribution in [3.8, 4) is 0 Å². The molecule has 1 heterocycles. The van der Waals surface area contributed by atoms with Crippen molar-refractivity contribution < 1.29 is 9.59 Å². The Hall–Kier alpha value is -2.04. The maximum atomic E-state index is 12.5. The summed E-state index contributed by atoms with van der Waals surface area (Å²) in [5.74, 6) is -0.714. The van der Waals surface area contributed by atoms with E-state index in [4.69, 9.17) is 23.2 Å². The number of halogens is 2. The van der Waals surface area contributed by atoms with Crippen LogP contribution in [0.3, 0.4) is 0 Å². The summed E-state index contributed by atoms with van der Waals surface area (Å²) in [6, 6.07) is 10.9. The number of carbonyl (C=O) groups excluding carboxylic acids is 2. The number of nitrogens with one attached hydrogen (secondary N) is 1. The standard InChI is InChI=1S/C19H18Cl2N2O2/c1-11-6-7-14(8-12(11)2)23-10-13(9-17(23)24)19(25)22-16-5-3-4-15(20)18(16)21/h3-8,13H,9-10H2,1-2H3,(H,22,25). The summed E-state index contributed by atoms with van der Waals surface area (Å²) < 4.78 is 0. The fourth-order valence-electron chi connectivity index (χ4n) is 2.86. The van der Waals surface area contributed by atoms with Gasteiger partial charge in [-0.2, -0.15) is 0 Å². The molecule has 1 saturated heterocycles. The third-order valence-corrected chi connectivity index (χ3v) is 5.33. The second-order valence-corrected chi connectivity index (χ2v) is 7.05. The number of hydrogen-bond acceptors (Lipinski definition) is 2. The highest BCUT2D eigenvalue weighted by molar-refractivity contribution is 6.44. The van der Waals surface area contributed by atoms with Gasteiger partial charge >= 0.3 is 0 Å². The van der Waals surface area contributed by atoms with Crippen molar-refractivity contribution in [2.75, 3.05) is 16.8 Å². The van der Waals surface area contributed by atoms with Crippen molar-refractivity contribution in [2.45, 2.75) is 20.3 Å². The second-order valence-electron chi connectivity index (χ2n) is 6.26. The van der Waals surface area contributed by atoms with Gasteiger partial charge in [0.05, 0.1) is 21.7 Å². The van der Waals surface area contributed by atoms with Gasteiger partial charge in [-0.05, 0) is 49.2 Å². The molecule has 1 aliphatic heterocycles. The van der Waals surface area contributed by atoms with Crippen molar-refractivity contribution in [1.29, 1.82) is 0 Å². The number of amides is 2. The molecule has 1 unspecified atom stereocenters. The highest BCUT2D eigenvalue weighted by Gasteiger charge is 2.35. The number of benzene rings is 2. The van der Waals surface area contributed by atoms with Crippen molar-refractivity contribution in [2.24, 2.45) is 5.92 Å². The van der Waals surface area contributed by atoms with Crippen LogP contribution in [0.15, 0.2) is 36.4 Å². The maximum Gasteiger partial charge on any atom is 0.229 e. The smallest absolute Gasteiger partial charge is 0.229 e. The molecule has 0 aromatic heterocycles. The molecule has 1 fully saturated rings. The van der Waals surface area contributed by atoms with E-state index in [1.165, 1.54) is 5.56 Å². The van der Waals surface area contributed by atoms with Crippen LogP contribution >= 0.6 is 23.2 Å². The van der Waals surface area contributed by atoms with Crippen LogP contribution in [0.5, 0.6) is 0 Å². The van der Waals surface area contributed by atoms with Gasteiger partial charge in [0, 0.05) is 18.7 Å². The average Bonchev–Trinajstić information content (AvgIpc) is 2.96. The van der Waals surface area contributed by atoms with Gasteiger partial charge in [-0.1, -0.05) is 35.3 Å². The molecular weight excluding hydrogens is 359 g/mol. The fourth-order valence-corrected chi connectivity index (χ4v) is 3.21. The van der Waals surface area contributed by atoms with E-state index in [9.17, 15) is 9.59 Å². The first-order chi connectivity index (χ1) is 11.9. The Morgan fingerprint density at radius 3 is 2.64 bits per heavy atom. The lowest BCUT2D eigenvalue weighted by atomic mass is 10.1. The Morgan fingerprint density at radius 2 is 1.92 bits per heavy atom. The lowest BCUT2D eigenvalue weighted by Gasteiger charge is -2.18. The predicted molar refractivity (Wildman–Crippen MR) is 101 cm³/mol. The zero-order valence-electron chi connectivity index (χ0n) is 14.0. The van der Waals surface area contributed by atoms with Gasteiger partial charge < -0.3 is 10.2 Å². The van der Waals surface area contributed by atoms with Gasteiger partial charge in [0.15, 0.2) is 0 Å². The van der Waals surface area contributed by atoms with Crippen LogP contribution < -0.4 is 10.2 Å². The van der Waals surface area contributed by atoms with Crippen LogP contribution in [0.2, 0.25) is 10.0 Å². The van der Waals surface area contributed by atoms with E-state index >= 15 is 0 Å². The Morgan fingerprint density at radius 1 is 1.16 bits per heavy atom. The van der Waals surface area contributed by atoms with E-state index in [1.807, 2.05) is 32.0 Å². The number of hydrogen-bond donors (Lipinski definition) is 1. The minimum atomic E-state index is -0.427. The van der Waals surface area contributed by atoms with E-state index in [0.717, 1.165) is 11.3 Å². The number of carbonyl (C=O) groups is 2. The van der Waals surface area contributed by atoms with E-state index in [2.05, 4.69) is 5.32 Å². The number of anilines is 2. The van der Waals surface area contributed by atoms with Crippen LogP contribution in [0, 0.1) is 19.8 Å². The van der Waals surface area contributed by atoms with E-state index in [0.29, 0.717) is 22.3 Å². The molecule has 2 aromatic rings. The fraction of sp³-hybridized carbons (Fsp3) is 0.263. The summed E-state index contributed by atoms with van der Waals surface area (Å²) in [5.41, 5.74) is 3.56. The summed E-state index contributed by atoms with van der Waals surface area (Å²) in [6.07, 6.45) is 0.178. The molecule has 0 aliphatic carbocycles. The van der Waals surface area contributed by atoms with Gasteiger partial charge in [0.1, 0.15) is 0 Å². The van der Waals surface area contributed by atoms with E-state index in [1.54, 1.807) is 23.1 Å². The minimum Gasteiger partial charge on any atom is -0.324 e. The molecule has 0 saturated carbocycles. The van der Waals surface area contributed by atoms with Gasteiger partial charge in [0.25, 0.3) is 0 Å². The minimum absolute atomic E-state index is 0.0550. The summed E-state index contributed by atoms with van der Waals surface area (Å²) in [5, 5.41) is 3.44. The molecule has 3 rings (SSSR count). The van der Waals surface area contributed by atoms with Gasteiger partial charge in [-0.25, -0.2) is 0 Å². The first-order valence-electron chi connectivity index (χ1n) is 7.99. The van der Waals surface area contributed by atoms with E-state index in [-0.39, 0.29) is 18.2 Å². The van der Waals surface area contributed by atoms with Crippen LogP contribution in [0.25, 0.3) is 0 Å². The molecule has 0 bridgehead atoms. The zero-order valence-corrected chi connectivity index (χ0v) is 15.5. The largest absolute Gasteiger partial charge is 0.324 e. The van der Waals surface area contributed by atoms with Crippen molar-refractivity contribution in [1.82, 2.24) is 0 Å². The molecule has 1 atom stereocenters. The molecular formula is C19H18Cl2N2O2. The molecule has 1 aliphatic rings. The van der Waals surface area contributed by atoms with Crippen LogP contribution in [0.1, 0.15) is 17.5 Å². The van der Waals surface area contributed by atoms with E-state index < -0.39 is 5.92 Å². The first-order valence-corrected chi connectivity index (χ1v) is 8.75. The number of aryl methyl sites for hydroxylation is 2. The monoisotopic (exact) mass is 376 g/mol. The maximum absolute atomic E-state index is 12.5. The normalized spacial score (nSPS) is 17.0. The summed E-state index contributed by atoms with van der Waals surface area (Å²) in [4.78, 5) is 26.6. The number of nitrogens with zero attached hydrogens (tertiary/aromatic N) is 1. The summed E-state index contributed by atoms with van der Waals surface area (Å²) >= 11 is 12.1. The Bertz CT molecular complexity index is 851. The summed E-state index contributed by atoms with van der Waals surface area (Å²) in [7, 11) is 0. The summed E-state index contributed by atoms with van der Waals surface area (Å²) in [6.45, 7) is 4.38. The molecule has 0 spiro atoms. The predicted octanol–water partition coefficient (Wildman–Crippen LogP) is 4.60. The topological polar surface area (TPSA) is 49.4 Å². The molecule has 2 amide bonds. The quantitative estimate of drug-likeness (QED) is 0.850. The SMILES string of the molecule is Cc1ccc(N2CC(C(=O)Nc3cccc(Cl)c3Cl)CC2=O)cc1C. The molecule has 2 aromatic carbocycles. The first kappa shape index (κ1) is 17.8. The third-order valence-electron chi connectivity index (χ3n) is 4.51. The highest BCUT2D eigenvalue weighted by atomic mass is 35.5. The van der Waals surface area contributed by atoms with Gasteiger partial charge in [0.2, 0.25) is 11.8 Å². The lowest BCUT2D eigenvalue weighted by Crippen LogP contribution is -2.28. The molecule has 130 valence electrons. The molecule has 4 nitrogen and oxygen atoms in total. The third kappa shape index (κ3) is 3.65. The van der Waals surface area contributed by atoms with Crippen LogP contribution in [0.4, 0.5) is 11.4 Å². The Balaban J connectivity index is 1.74. The molecule has 0 radical (unpaired) electrons. The lowest BCUT2D eigenvalue weighted by molar-refractivity contribution is -0.122. The van der Waals surface area contributed by atoms with Crippen molar-refractivity contribution in [3.63, 3.8) is 0 Å². The molecule has 1 N–H and O–H groups in total. The van der Waals surface area contributed by atoms with Crippen LogP contribution in [-0.4, -0.2) is 18.4 Å². The zero-order chi connectivity index (χ0) is 18.1. The Kier molecular flexibility index (Phi) is 5.02. The highest BCUT2D eigenvalue weighted by Crippen LogP contribution is 2.31. The Labute approximate surface area is 156 Å².